The van der Waals surface area contributed by atoms with Crippen LogP contribution in [0.1, 0.15) is 32.1 Å². The van der Waals surface area contributed by atoms with E-state index >= 15 is 0 Å². The first-order valence-electron chi connectivity index (χ1n) is 5.86. The number of methoxy groups -OCH3 is 1. The molecule has 0 bridgehead atoms. The summed E-state index contributed by atoms with van der Waals surface area (Å²) in [5.74, 6) is 0. The fourth-order valence-corrected chi connectivity index (χ4v) is 1.97. The minimum Gasteiger partial charge on any atom is -0.383 e. The highest BCUT2D eigenvalue weighted by Crippen LogP contribution is 2.16. The van der Waals surface area contributed by atoms with E-state index in [0.29, 0.717) is 0 Å². The Balaban J connectivity index is 1.82. The smallest absolute Gasteiger partial charge is 0.0587 e. The molecule has 0 unspecified atom stereocenters. The number of rotatable bonds is 7. The summed E-state index contributed by atoms with van der Waals surface area (Å²) in [5, 5.41) is 6.93. The second kappa shape index (κ2) is 8.21. The Bertz CT molecular complexity index is 124. The molecule has 1 rings (SSSR count). The van der Waals surface area contributed by atoms with Crippen molar-refractivity contribution in [2.45, 2.75) is 38.1 Å². The van der Waals surface area contributed by atoms with Crippen molar-refractivity contribution in [3.05, 3.63) is 0 Å². The van der Waals surface area contributed by atoms with E-state index in [1.165, 1.54) is 32.1 Å². The molecule has 0 heterocycles. The van der Waals surface area contributed by atoms with Gasteiger partial charge in [-0.3, -0.25) is 0 Å². The van der Waals surface area contributed by atoms with Gasteiger partial charge in [-0.15, -0.1) is 0 Å². The lowest BCUT2D eigenvalue weighted by Crippen LogP contribution is -2.36. The third kappa shape index (κ3) is 5.58. The van der Waals surface area contributed by atoms with Gasteiger partial charge in [0.15, 0.2) is 0 Å². The van der Waals surface area contributed by atoms with Gasteiger partial charge < -0.3 is 15.4 Å². The van der Waals surface area contributed by atoms with E-state index < -0.39 is 0 Å². The predicted octanol–water partition coefficient (Wildman–Crippen LogP) is 1.14. The quantitative estimate of drug-likeness (QED) is 0.605. The molecule has 0 aliphatic heterocycles. The fourth-order valence-electron chi connectivity index (χ4n) is 1.97. The number of hydrogen-bond acceptors (Lipinski definition) is 3. The molecule has 0 saturated heterocycles. The first-order valence-corrected chi connectivity index (χ1v) is 5.86. The molecule has 1 fully saturated rings. The van der Waals surface area contributed by atoms with Crippen molar-refractivity contribution >= 4 is 0 Å². The van der Waals surface area contributed by atoms with Crippen LogP contribution in [0.3, 0.4) is 0 Å². The highest BCUT2D eigenvalue weighted by Gasteiger charge is 2.11. The molecule has 2 N–H and O–H groups in total. The first kappa shape index (κ1) is 12.0. The highest BCUT2D eigenvalue weighted by atomic mass is 16.5. The first-order chi connectivity index (χ1) is 6.93. The van der Waals surface area contributed by atoms with Crippen molar-refractivity contribution in [2.24, 2.45) is 0 Å². The molecule has 3 nitrogen and oxygen atoms in total. The van der Waals surface area contributed by atoms with Gasteiger partial charge in [0, 0.05) is 32.8 Å². The van der Waals surface area contributed by atoms with E-state index in [1.807, 2.05) is 0 Å². The zero-order valence-electron chi connectivity index (χ0n) is 9.35. The van der Waals surface area contributed by atoms with Gasteiger partial charge in [-0.25, -0.2) is 0 Å². The molecule has 0 aromatic rings. The van der Waals surface area contributed by atoms with Crippen LogP contribution in [0, 0.1) is 0 Å². The van der Waals surface area contributed by atoms with E-state index in [1.54, 1.807) is 7.11 Å². The maximum atomic E-state index is 4.96. The summed E-state index contributed by atoms with van der Waals surface area (Å²) in [5.41, 5.74) is 0. The van der Waals surface area contributed by atoms with Crippen molar-refractivity contribution in [1.29, 1.82) is 0 Å². The van der Waals surface area contributed by atoms with Crippen LogP contribution in [0.25, 0.3) is 0 Å². The zero-order chi connectivity index (χ0) is 10.1. The zero-order valence-corrected chi connectivity index (χ0v) is 9.35. The molecule has 0 radical (unpaired) electrons. The van der Waals surface area contributed by atoms with Crippen LogP contribution >= 0.6 is 0 Å². The number of hydrogen-bond donors (Lipinski definition) is 2. The van der Waals surface area contributed by atoms with Crippen molar-refractivity contribution in [1.82, 2.24) is 10.6 Å². The summed E-state index contributed by atoms with van der Waals surface area (Å²) in [4.78, 5) is 0. The van der Waals surface area contributed by atoms with Crippen LogP contribution in [0.4, 0.5) is 0 Å². The van der Waals surface area contributed by atoms with E-state index in [9.17, 15) is 0 Å². The normalized spacial score (nSPS) is 18.6. The maximum Gasteiger partial charge on any atom is 0.0587 e. The summed E-state index contributed by atoms with van der Waals surface area (Å²) in [7, 11) is 1.74. The molecule has 3 heteroatoms. The minimum absolute atomic E-state index is 0.785. The summed E-state index contributed by atoms with van der Waals surface area (Å²) < 4.78 is 4.96. The lowest BCUT2D eigenvalue weighted by atomic mass is 9.95. The van der Waals surface area contributed by atoms with Crippen LogP contribution in [0.5, 0.6) is 0 Å². The molecule has 0 amide bonds. The van der Waals surface area contributed by atoms with Gasteiger partial charge in [-0.05, 0) is 12.8 Å². The molecule has 0 atom stereocenters. The lowest BCUT2D eigenvalue weighted by Gasteiger charge is -2.22. The topological polar surface area (TPSA) is 33.3 Å². The Labute approximate surface area is 87.6 Å². The van der Waals surface area contributed by atoms with Crippen molar-refractivity contribution < 1.29 is 4.74 Å². The Kier molecular flexibility index (Phi) is 7.01. The van der Waals surface area contributed by atoms with Gasteiger partial charge in [0.05, 0.1) is 6.61 Å². The van der Waals surface area contributed by atoms with E-state index in [2.05, 4.69) is 10.6 Å². The SMILES string of the molecule is COCCNCCNC1CCCCC1. The molecular formula is C11H24N2O. The largest absolute Gasteiger partial charge is 0.383 e. The average Bonchev–Trinajstić information content (AvgIpc) is 2.25. The third-order valence-electron chi connectivity index (χ3n) is 2.82. The second-order valence-electron chi connectivity index (χ2n) is 4.03. The van der Waals surface area contributed by atoms with Gasteiger partial charge in [0.2, 0.25) is 0 Å². The van der Waals surface area contributed by atoms with E-state index in [4.69, 9.17) is 4.74 Å². The van der Waals surface area contributed by atoms with E-state index in [0.717, 1.165) is 32.3 Å². The van der Waals surface area contributed by atoms with Crippen molar-refractivity contribution in [3.8, 4) is 0 Å². The summed E-state index contributed by atoms with van der Waals surface area (Å²) in [6.45, 7) is 3.92. The Morgan fingerprint density at radius 3 is 2.57 bits per heavy atom. The molecule has 14 heavy (non-hydrogen) atoms. The molecule has 0 aromatic carbocycles. The Hall–Kier alpha value is -0.120. The highest BCUT2D eigenvalue weighted by molar-refractivity contribution is 4.71. The average molecular weight is 200 g/mol. The maximum absolute atomic E-state index is 4.96. The van der Waals surface area contributed by atoms with Crippen LogP contribution < -0.4 is 10.6 Å². The van der Waals surface area contributed by atoms with Crippen LogP contribution in [-0.2, 0) is 4.74 Å². The molecule has 1 aliphatic rings. The van der Waals surface area contributed by atoms with Gasteiger partial charge in [0.25, 0.3) is 0 Å². The summed E-state index contributed by atoms with van der Waals surface area (Å²) in [6.07, 6.45) is 7.00. The van der Waals surface area contributed by atoms with Gasteiger partial charge >= 0.3 is 0 Å². The predicted molar refractivity (Wildman–Crippen MR) is 59.6 cm³/mol. The standard InChI is InChI=1S/C11H24N2O/c1-14-10-9-12-7-8-13-11-5-3-2-4-6-11/h11-13H,2-10H2,1H3. The number of nitrogens with one attached hydrogen (secondary N) is 2. The summed E-state index contributed by atoms with van der Waals surface area (Å²) >= 11 is 0. The molecule has 1 aliphatic carbocycles. The molecule has 0 spiro atoms. The third-order valence-corrected chi connectivity index (χ3v) is 2.82. The molecule has 0 aromatic heterocycles. The second-order valence-corrected chi connectivity index (χ2v) is 4.03. The van der Waals surface area contributed by atoms with Crippen molar-refractivity contribution in [3.63, 3.8) is 0 Å². The van der Waals surface area contributed by atoms with Gasteiger partial charge in [-0.1, -0.05) is 19.3 Å². The summed E-state index contributed by atoms with van der Waals surface area (Å²) in [6, 6.07) is 0.785. The molecular weight excluding hydrogens is 176 g/mol. The van der Waals surface area contributed by atoms with Gasteiger partial charge in [-0.2, -0.15) is 0 Å². The number of ether oxygens (including phenoxy) is 1. The molecule has 1 saturated carbocycles. The van der Waals surface area contributed by atoms with Crippen molar-refractivity contribution in [2.75, 3.05) is 33.4 Å². The lowest BCUT2D eigenvalue weighted by molar-refractivity contribution is 0.199. The van der Waals surface area contributed by atoms with Crippen LogP contribution in [-0.4, -0.2) is 39.4 Å². The van der Waals surface area contributed by atoms with Gasteiger partial charge in [0.1, 0.15) is 0 Å². The van der Waals surface area contributed by atoms with Crippen LogP contribution in [0.2, 0.25) is 0 Å². The monoisotopic (exact) mass is 200 g/mol. The van der Waals surface area contributed by atoms with Crippen LogP contribution in [0.15, 0.2) is 0 Å². The Morgan fingerprint density at radius 2 is 1.86 bits per heavy atom. The molecule has 84 valence electrons. The fraction of sp³-hybridized carbons (Fsp3) is 1.00. The Morgan fingerprint density at radius 1 is 1.07 bits per heavy atom. The van der Waals surface area contributed by atoms with E-state index in [-0.39, 0.29) is 0 Å². The minimum atomic E-state index is 0.785.